The Kier molecular flexibility index (Phi) is 4.27. The van der Waals surface area contributed by atoms with Crippen molar-refractivity contribution >= 4 is 57.3 Å². The van der Waals surface area contributed by atoms with E-state index in [9.17, 15) is 0 Å². The normalized spacial score (nSPS) is 10.7. The summed E-state index contributed by atoms with van der Waals surface area (Å²) in [6.45, 7) is 2.66. The highest BCUT2D eigenvalue weighted by molar-refractivity contribution is 7.78. The summed E-state index contributed by atoms with van der Waals surface area (Å²) >= 11 is 16.8. The number of imidazole rings is 1. The number of thiocarbonyl (C=S) groups is 1. The molecule has 6 heteroatoms. The van der Waals surface area contributed by atoms with Crippen LogP contribution in [0, 0.1) is 6.92 Å². The van der Waals surface area contributed by atoms with Crippen LogP contribution in [0.15, 0.2) is 41.4 Å². The Balaban J connectivity index is 2.01. The molecule has 0 atom stereocenters. The first-order valence-electron chi connectivity index (χ1n) is 6.57. The third-order valence-electron chi connectivity index (χ3n) is 3.43. The summed E-state index contributed by atoms with van der Waals surface area (Å²) in [4.78, 5) is 8.48. The zero-order chi connectivity index (χ0) is 15.7. The molecule has 110 valence electrons. The molecule has 1 aromatic heterocycles. The van der Waals surface area contributed by atoms with Crippen molar-refractivity contribution in [2.45, 2.75) is 13.5 Å². The van der Waals surface area contributed by atoms with E-state index < -0.39 is 0 Å². The van der Waals surface area contributed by atoms with E-state index in [0.717, 1.165) is 28.1 Å². The molecule has 3 rings (SSSR count). The Bertz CT molecular complexity index is 894. The molecule has 0 bridgehead atoms. The van der Waals surface area contributed by atoms with Crippen molar-refractivity contribution in [3.8, 4) is 0 Å². The molecule has 0 aliphatic rings. The van der Waals surface area contributed by atoms with Crippen LogP contribution in [0.25, 0.3) is 11.0 Å². The summed E-state index contributed by atoms with van der Waals surface area (Å²) in [6, 6.07) is 11.5. The summed E-state index contributed by atoms with van der Waals surface area (Å²) in [6.07, 6.45) is 0. The number of hydrogen-bond acceptors (Lipinski definition) is 3. The van der Waals surface area contributed by atoms with Gasteiger partial charge in [0.25, 0.3) is 0 Å². The molecule has 22 heavy (non-hydrogen) atoms. The minimum absolute atomic E-state index is 0.515. The first-order chi connectivity index (χ1) is 10.6. The van der Waals surface area contributed by atoms with Crippen LogP contribution in [0.3, 0.4) is 0 Å². The smallest absolute Gasteiger partial charge is 0.107 e. The monoisotopic (exact) mass is 347 g/mol. The average Bonchev–Trinajstić information content (AvgIpc) is 2.78. The number of aryl methyl sites for hydroxylation is 1. The second-order valence-electron chi connectivity index (χ2n) is 4.87. The first-order valence-corrected chi connectivity index (χ1v) is 7.73. The van der Waals surface area contributed by atoms with Gasteiger partial charge in [0.2, 0.25) is 0 Å². The van der Waals surface area contributed by atoms with Crippen molar-refractivity contribution in [1.29, 1.82) is 0 Å². The number of aliphatic imine (C=N–C) groups is 1. The highest BCUT2D eigenvalue weighted by atomic mass is 35.5. The lowest BCUT2D eigenvalue weighted by molar-refractivity contribution is 0.786. The lowest BCUT2D eigenvalue weighted by atomic mass is 10.2. The zero-order valence-electron chi connectivity index (χ0n) is 11.7. The fourth-order valence-corrected chi connectivity index (χ4v) is 2.77. The van der Waals surface area contributed by atoms with Crippen LogP contribution in [-0.2, 0) is 6.54 Å². The summed E-state index contributed by atoms with van der Waals surface area (Å²) in [5, 5.41) is 3.40. The van der Waals surface area contributed by atoms with E-state index in [1.807, 2.05) is 37.3 Å². The SMILES string of the molecule is Cc1nc2cc(Cl)c(Cl)cc2n1Cc1ccc(N=C=S)cc1. The van der Waals surface area contributed by atoms with Gasteiger partial charge < -0.3 is 4.57 Å². The van der Waals surface area contributed by atoms with E-state index in [-0.39, 0.29) is 0 Å². The Morgan fingerprint density at radius 1 is 1.18 bits per heavy atom. The van der Waals surface area contributed by atoms with E-state index in [2.05, 4.69) is 31.9 Å². The molecular formula is C16H11Cl2N3S. The molecule has 0 aliphatic heterocycles. The summed E-state index contributed by atoms with van der Waals surface area (Å²) in [7, 11) is 0. The van der Waals surface area contributed by atoms with Crippen molar-refractivity contribution in [3.63, 3.8) is 0 Å². The van der Waals surface area contributed by atoms with Crippen molar-refractivity contribution < 1.29 is 0 Å². The Morgan fingerprint density at radius 2 is 1.86 bits per heavy atom. The maximum absolute atomic E-state index is 6.13. The standard InChI is InChI=1S/C16H11Cl2N3S/c1-10-20-15-6-13(17)14(18)7-16(15)21(10)8-11-2-4-12(5-3-11)19-9-22/h2-7H,8H2,1H3. The molecule has 3 aromatic rings. The largest absolute Gasteiger partial charge is 0.324 e. The average molecular weight is 348 g/mol. The van der Waals surface area contributed by atoms with E-state index in [4.69, 9.17) is 23.2 Å². The van der Waals surface area contributed by atoms with Gasteiger partial charge in [0.1, 0.15) is 5.82 Å². The van der Waals surface area contributed by atoms with Crippen molar-refractivity contribution in [2.24, 2.45) is 4.99 Å². The fraction of sp³-hybridized carbons (Fsp3) is 0.125. The van der Waals surface area contributed by atoms with Crippen molar-refractivity contribution in [2.75, 3.05) is 0 Å². The molecule has 3 nitrogen and oxygen atoms in total. The van der Waals surface area contributed by atoms with Gasteiger partial charge in [0.15, 0.2) is 0 Å². The molecule has 0 N–H and O–H groups in total. The fourth-order valence-electron chi connectivity index (χ4n) is 2.35. The van der Waals surface area contributed by atoms with Gasteiger partial charge >= 0.3 is 0 Å². The number of nitrogens with zero attached hydrogens (tertiary/aromatic N) is 3. The third-order valence-corrected chi connectivity index (χ3v) is 4.25. The van der Waals surface area contributed by atoms with Crippen LogP contribution in [0.4, 0.5) is 5.69 Å². The molecule has 0 saturated heterocycles. The molecule has 0 amide bonds. The predicted octanol–water partition coefficient (Wildman–Crippen LogP) is 5.43. The zero-order valence-corrected chi connectivity index (χ0v) is 14.0. The number of fused-ring (bicyclic) bond motifs is 1. The quantitative estimate of drug-likeness (QED) is 0.466. The maximum atomic E-state index is 6.13. The van der Waals surface area contributed by atoms with Gasteiger partial charge in [-0.1, -0.05) is 35.3 Å². The van der Waals surface area contributed by atoms with Crippen LogP contribution in [0.2, 0.25) is 10.0 Å². The minimum Gasteiger partial charge on any atom is -0.324 e. The van der Waals surface area contributed by atoms with Gasteiger partial charge in [-0.15, -0.1) is 0 Å². The maximum Gasteiger partial charge on any atom is 0.107 e. The lowest BCUT2D eigenvalue weighted by Gasteiger charge is -2.08. The summed E-state index contributed by atoms with van der Waals surface area (Å²) in [5.74, 6) is 0.911. The highest BCUT2D eigenvalue weighted by Gasteiger charge is 2.10. The van der Waals surface area contributed by atoms with Crippen LogP contribution >= 0.6 is 35.4 Å². The summed E-state index contributed by atoms with van der Waals surface area (Å²) in [5.41, 5.74) is 3.74. The van der Waals surface area contributed by atoms with Crippen LogP contribution < -0.4 is 0 Å². The number of benzene rings is 2. The minimum atomic E-state index is 0.515. The van der Waals surface area contributed by atoms with Gasteiger partial charge in [-0.05, 0) is 49.0 Å². The van der Waals surface area contributed by atoms with Gasteiger partial charge in [0.05, 0.1) is 31.9 Å². The van der Waals surface area contributed by atoms with Crippen LogP contribution in [0.1, 0.15) is 11.4 Å². The van der Waals surface area contributed by atoms with E-state index >= 15 is 0 Å². The molecule has 0 fully saturated rings. The van der Waals surface area contributed by atoms with Crippen LogP contribution in [-0.4, -0.2) is 14.7 Å². The third kappa shape index (κ3) is 2.92. The van der Waals surface area contributed by atoms with Gasteiger partial charge in [-0.25, -0.2) is 4.98 Å². The number of rotatable bonds is 3. The first kappa shape index (κ1) is 15.2. The molecule has 0 unspecified atom stereocenters. The van der Waals surface area contributed by atoms with Gasteiger partial charge in [-0.3, -0.25) is 0 Å². The Morgan fingerprint density at radius 3 is 2.55 bits per heavy atom. The number of aromatic nitrogens is 2. The number of halogens is 2. The second-order valence-corrected chi connectivity index (χ2v) is 5.87. The van der Waals surface area contributed by atoms with Crippen molar-refractivity contribution in [3.05, 3.63) is 57.8 Å². The molecule has 2 aromatic carbocycles. The molecular weight excluding hydrogens is 337 g/mol. The molecule has 0 spiro atoms. The summed E-state index contributed by atoms with van der Waals surface area (Å²) < 4.78 is 2.11. The van der Waals surface area contributed by atoms with E-state index in [1.165, 1.54) is 0 Å². The second kappa shape index (κ2) is 6.19. The molecule has 0 radical (unpaired) electrons. The Labute approximate surface area is 143 Å². The molecule has 0 aliphatic carbocycles. The topological polar surface area (TPSA) is 30.2 Å². The predicted molar refractivity (Wildman–Crippen MR) is 94.7 cm³/mol. The van der Waals surface area contributed by atoms with E-state index in [1.54, 1.807) is 6.07 Å². The number of isothiocyanates is 1. The molecule has 0 saturated carbocycles. The highest BCUT2D eigenvalue weighted by Crippen LogP contribution is 2.28. The Hall–Kier alpha value is -1.71. The van der Waals surface area contributed by atoms with Gasteiger partial charge in [0, 0.05) is 6.54 Å². The van der Waals surface area contributed by atoms with Crippen molar-refractivity contribution in [1.82, 2.24) is 9.55 Å². The van der Waals surface area contributed by atoms with Crippen LogP contribution in [0.5, 0.6) is 0 Å². The molecule has 1 heterocycles. The lowest BCUT2D eigenvalue weighted by Crippen LogP contribution is -2.01. The number of hydrogen-bond donors (Lipinski definition) is 0. The van der Waals surface area contributed by atoms with E-state index in [0.29, 0.717) is 16.6 Å². The van der Waals surface area contributed by atoms with Gasteiger partial charge in [-0.2, -0.15) is 4.99 Å².